The van der Waals surface area contributed by atoms with Gasteiger partial charge in [0.15, 0.2) is 55.3 Å². The molecule has 14 nitrogen and oxygen atoms in total. The number of benzene rings is 14. The lowest BCUT2D eigenvalue weighted by Crippen LogP contribution is -2.33. The van der Waals surface area contributed by atoms with Gasteiger partial charge in [0.25, 0.3) is 23.3 Å². The first-order chi connectivity index (χ1) is 62.2. The van der Waals surface area contributed by atoms with E-state index in [9.17, 15) is 0 Å². The predicted molar refractivity (Wildman–Crippen MR) is 534 cm³/mol. The second-order valence-corrected chi connectivity index (χ2v) is 38.0. The van der Waals surface area contributed by atoms with Gasteiger partial charge in [-0.3, -0.25) is 0 Å². The van der Waals surface area contributed by atoms with Crippen LogP contribution in [0.1, 0.15) is 116 Å². The number of oxazole rings is 2. The van der Waals surface area contributed by atoms with E-state index in [1.54, 1.807) is 22.7 Å². The Morgan fingerprint density at radius 3 is 1.22 bits per heavy atom. The Morgan fingerprint density at radius 1 is 0.349 bits per heavy atom. The molecular formula is C113H108N12O2S2+4. The molecule has 0 saturated heterocycles. The summed E-state index contributed by atoms with van der Waals surface area (Å²) in [6.07, 6.45) is 0. The summed E-state index contributed by atoms with van der Waals surface area (Å²) in [6.45, 7) is 33.2. The van der Waals surface area contributed by atoms with E-state index in [0.717, 1.165) is 112 Å². The van der Waals surface area contributed by atoms with E-state index in [1.807, 2.05) is 11.0 Å². The summed E-state index contributed by atoms with van der Waals surface area (Å²) in [5.41, 5.74) is 43.1. The number of nitrogens with zero attached hydrogens (tertiary/aromatic N) is 12. The first kappa shape index (κ1) is 84.4. The van der Waals surface area contributed by atoms with Crippen molar-refractivity contribution >= 4 is 120 Å². The maximum absolute atomic E-state index is 6.55. The second kappa shape index (κ2) is 33.6. The second-order valence-electron chi connectivity index (χ2n) is 36.2. The van der Waals surface area contributed by atoms with Gasteiger partial charge in [-0.05, 0) is 264 Å². The summed E-state index contributed by atoms with van der Waals surface area (Å²) < 4.78 is 34.3. The molecular weight excluding hydrogens is 1620 g/mol. The highest BCUT2D eigenvalue weighted by Gasteiger charge is 2.37. The SMILES string of the molecule is Cc1cc2nc(-c3c(C)cccc3C)oc2cc1-c1n(-c2c(C(C)C)cc(-c3ccccc3)cc2C(C)C)c2ccccc2[n+]1C.Cc1cc2nc(-c3c(C)cccc3C)oc2cc1-c1n(-c2cccc3ccccc23)c2ccccc2[n+]1C.Cc1cc2ncsc2cc1-c1n(C(C)(C)C)c2ccccc2[n+]1C.Cc1cc2ncsc2cc1-c1n(C)c2ccccc2[n+]1C. The van der Waals surface area contributed by atoms with Crippen LogP contribution in [0.4, 0.5) is 0 Å². The lowest BCUT2D eigenvalue weighted by Gasteiger charge is -2.21. The Morgan fingerprint density at radius 2 is 0.729 bits per heavy atom. The van der Waals surface area contributed by atoms with E-state index < -0.39 is 0 Å². The maximum atomic E-state index is 6.55. The van der Waals surface area contributed by atoms with Gasteiger partial charge in [-0.1, -0.05) is 179 Å². The van der Waals surface area contributed by atoms with Gasteiger partial charge >= 0.3 is 0 Å². The van der Waals surface area contributed by atoms with Gasteiger partial charge < -0.3 is 8.83 Å². The van der Waals surface area contributed by atoms with Crippen molar-refractivity contribution in [3.8, 4) is 91.0 Å². The summed E-state index contributed by atoms with van der Waals surface area (Å²) in [5, 5.41) is 2.44. The molecule has 0 aliphatic heterocycles. The minimum atomic E-state index is -0.00864. The molecule has 16 heteroatoms. The minimum absolute atomic E-state index is 0.00864. The largest absolute Gasteiger partial charge is 0.436 e. The zero-order valence-corrected chi connectivity index (χ0v) is 78.8. The quantitative estimate of drug-likeness (QED) is 0.119. The average molecular weight is 1730 g/mol. The molecule has 0 N–H and O–H groups in total. The van der Waals surface area contributed by atoms with Crippen LogP contribution in [0, 0.1) is 55.4 Å². The summed E-state index contributed by atoms with van der Waals surface area (Å²) in [6, 6.07) is 95.4. The Bertz CT molecular complexity index is 8050. The Kier molecular flexibility index (Phi) is 22.0. The molecule has 0 bridgehead atoms. The van der Waals surface area contributed by atoms with Gasteiger partial charge in [0.05, 0.1) is 88.9 Å². The molecule has 640 valence electrons. The smallest absolute Gasteiger partial charge is 0.295 e. The fourth-order valence-corrected chi connectivity index (χ4v) is 20.9. The number of rotatable bonds is 11. The van der Waals surface area contributed by atoms with Crippen molar-refractivity contribution in [2.24, 2.45) is 35.2 Å². The van der Waals surface area contributed by atoms with Gasteiger partial charge in [0.2, 0.25) is 11.8 Å². The van der Waals surface area contributed by atoms with Crippen LogP contribution in [0.15, 0.2) is 287 Å². The van der Waals surface area contributed by atoms with Crippen LogP contribution in [0.2, 0.25) is 0 Å². The van der Waals surface area contributed by atoms with E-state index in [4.69, 9.17) is 18.8 Å². The maximum Gasteiger partial charge on any atom is 0.295 e. The summed E-state index contributed by atoms with van der Waals surface area (Å²) in [5.74, 6) is 6.68. The zero-order valence-electron chi connectivity index (χ0n) is 77.2. The third-order valence-corrected chi connectivity index (χ3v) is 27.5. The lowest BCUT2D eigenvalue weighted by molar-refractivity contribution is -0.634. The van der Waals surface area contributed by atoms with Crippen molar-refractivity contribution in [3.63, 3.8) is 0 Å². The van der Waals surface area contributed by atoms with Gasteiger partial charge in [-0.25, -0.2) is 47.3 Å². The number of aromatic nitrogens is 12. The molecule has 8 heterocycles. The summed E-state index contributed by atoms with van der Waals surface area (Å²) >= 11 is 3.40. The normalized spacial score (nSPS) is 11.9. The van der Waals surface area contributed by atoms with Crippen LogP contribution < -0.4 is 18.3 Å². The molecule has 0 amide bonds. The monoisotopic (exact) mass is 1730 g/mol. The fourth-order valence-electron chi connectivity index (χ4n) is 19.5. The number of thiazole rings is 2. The van der Waals surface area contributed by atoms with Crippen molar-refractivity contribution in [1.29, 1.82) is 0 Å². The molecule has 0 radical (unpaired) electrons. The van der Waals surface area contributed by atoms with Crippen molar-refractivity contribution < 1.29 is 27.1 Å². The van der Waals surface area contributed by atoms with E-state index in [2.05, 4.69) is 453 Å². The van der Waals surface area contributed by atoms with Gasteiger partial charge in [0, 0.05) is 27.6 Å². The number of hydrogen-bond donors (Lipinski definition) is 0. The van der Waals surface area contributed by atoms with E-state index in [1.165, 1.54) is 121 Å². The molecule has 22 aromatic rings. The lowest BCUT2D eigenvalue weighted by atomic mass is 9.88. The van der Waals surface area contributed by atoms with Crippen molar-refractivity contribution in [3.05, 3.63) is 334 Å². The van der Waals surface area contributed by atoms with Crippen molar-refractivity contribution in [2.75, 3.05) is 0 Å². The van der Waals surface area contributed by atoms with Crippen molar-refractivity contribution in [1.82, 2.24) is 38.2 Å². The van der Waals surface area contributed by atoms with Crippen LogP contribution >= 0.6 is 22.7 Å². The molecule has 0 saturated carbocycles. The fraction of sp³-hybridized carbons (Fsp3) is 0.204. The molecule has 0 spiro atoms. The number of fused-ring (bicyclic) bond motifs is 9. The molecule has 129 heavy (non-hydrogen) atoms. The third-order valence-electron chi connectivity index (χ3n) is 25.9. The number of hydrogen-bond acceptors (Lipinski definition) is 8. The predicted octanol–water partition coefficient (Wildman–Crippen LogP) is 27.2. The molecule has 8 aromatic heterocycles. The van der Waals surface area contributed by atoms with Crippen LogP contribution in [-0.4, -0.2) is 38.2 Å². The Balaban J connectivity index is 0.000000117. The van der Waals surface area contributed by atoms with Crippen LogP contribution in [0.5, 0.6) is 0 Å². The number of aryl methyl sites for hydroxylation is 13. The average Bonchev–Trinajstić information content (AvgIpc) is 1.59. The van der Waals surface area contributed by atoms with E-state index in [-0.39, 0.29) is 5.54 Å². The molecule has 0 aliphatic carbocycles. The third kappa shape index (κ3) is 15.0. The highest BCUT2D eigenvalue weighted by Crippen LogP contribution is 2.44. The Labute approximate surface area is 761 Å². The van der Waals surface area contributed by atoms with Crippen molar-refractivity contribution in [2.45, 2.75) is 121 Å². The highest BCUT2D eigenvalue weighted by atomic mass is 32.1. The number of para-hydroxylation sites is 8. The summed E-state index contributed by atoms with van der Waals surface area (Å²) in [7, 11) is 10.8. The first-order valence-corrected chi connectivity index (χ1v) is 46.2. The first-order valence-electron chi connectivity index (χ1n) is 44.5. The van der Waals surface area contributed by atoms with Gasteiger partial charge in [-0.15, -0.1) is 22.7 Å². The van der Waals surface area contributed by atoms with Crippen LogP contribution in [0.25, 0.3) is 189 Å². The molecule has 0 atom stereocenters. The Hall–Kier alpha value is -14.1. The van der Waals surface area contributed by atoms with Crippen LogP contribution in [0.3, 0.4) is 0 Å². The van der Waals surface area contributed by atoms with Gasteiger partial charge in [-0.2, -0.15) is 9.13 Å². The highest BCUT2D eigenvalue weighted by molar-refractivity contribution is 7.17. The number of imidazole rings is 4. The van der Waals surface area contributed by atoms with E-state index >= 15 is 0 Å². The standard InChI is InChI=1S/C42H42N3O.C34H28N3O.C20H22N3S.C17H16N3S/c1-25(2)32-22-31(30-17-10-9-11-18-30)23-33(26(3)4)40(32)45-37-20-13-12-19-36(37)44(8)42(45)34-24-38-35(21-29(34)7)43-41(46-38)39-27(5)15-14-16-28(39)6;1-21-11-9-12-22(2)32(21)33-35-27-19-23(3)26(20-31(27)38-33)34-36(4)29-16-7-8-17-30(29)37(34)28-18-10-14-24-13-5-6-15-25(24)28;1-13-10-15-18(24-12-21-15)11-14(13)19-22(5)16-8-6-7-9-17(16)23(19)20(2,3)4;1-11-8-13-16(21-10-18-13)9-12(11)17-19(2)14-6-4-5-7-15(14)20(17)3/h9-26H,1-8H3;5-20H,1-4H3;6-12H,1-5H3;4-10H,1-3H3/q4*+1. The molecule has 0 fully saturated rings. The minimum Gasteiger partial charge on any atom is -0.436 e. The molecule has 0 unspecified atom stereocenters. The zero-order chi connectivity index (χ0) is 89.9. The molecule has 14 aromatic carbocycles. The van der Waals surface area contributed by atoms with Crippen LogP contribution in [-0.2, 0) is 40.8 Å². The van der Waals surface area contributed by atoms with Gasteiger partial charge in [0.1, 0.15) is 27.9 Å². The summed E-state index contributed by atoms with van der Waals surface area (Å²) in [4.78, 5) is 18.7. The molecule has 0 aliphatic rings. The topological polar surface area (TPSA) is 113 Å². The molecule has 22 rings (SSSR count). The van der Waals surface area contributed by atoms with E-state index in [0.29, 0.717) is 23.6 Å².